The summed E-state index contributed by atoms with van der Waals surface area (Å²) in [5.74, 6) is 4.54. The molecule has 156 valence electrons. The van der Waals surface area contributed by atoms with Crippen molar-refractivity contribution < 1.29 is 18.8 Å². The molecule has 0 spiro atoms. The normalized spacial score (nSPS) is 23.8. The summed E-state index contributed by atoms with van der Waals surface area (Å²) < 4.78 is 15.9. The van der Waals surface area contributed by atoms with Crippen LogP contribution in [0.2, 0.25) is 0 Å². The van der Waals surface area contributed by atoms with E-state index >= 15 is 0 Å². The number of methoxy groups -OCH3 is 2. The van der Waals surface area contributed by atoms with Crippen LogP contribution >= 0.6 is 0 Å². The number of carbonyl (C=O) groups excluding carboxylic acids is 1. The van der Waals surface area contributed by atoms with Gasteiger partial charge in [-0.05, 0) is 62.1 Å². The zero-order chi connectivity index (χ0) is 20.4. The summed E-state index contributed by atoms with van der Waals surface area (Å²) in [7, 11) is 3.17. The highest BCUT2D eigenvalue weighted by Gasteiger charge is 2.42. The Hall–Kier alpha value is -2.57. The van der Waals surface area contributed by atoms with Crippen molar-refractivity contribution in [3.8, 4) is 22.9 Å². The molecular formula is C22H29N3O4. The van der Waals surface area contributed by atoms with Gasteiger partial charge in [-0.2, -0.15) is 4.98 Å². The molecule has 0 saturated heterocycles. The van der Waals surface area contributed by atoms with Crippen LogP contribution in [-0.2, 0) is 11.2 Å². The molecule has 2 bridgehead atoms. The predicted molar refractivity (Wildman–Crippen MR) is 108 cm³/mol. The van der Waals surface area contributed by atoms with Gasteiger partial charge < -0.3 is 19.3 Å². The number of benzene rings is 1. The summed E-state index contributed by atoms with van der Waals surface area (Å²) >= 11 is 0. The quantitative estimate of drug-likeness (QED) is 0.729. The van der Waals surface area contributed by atoms with Crippen LogP contribution in [0.5, 0.6) is 11.5 Å². The van der Waals surface area contributed by atoms with E-state index in [9.17, 15) is 4.79 Å². The summed E-state index contributed by atoms with van der Waals surface area (Å²) in [5.41, 5.74) is 0.770. The standard InChI is InChI=1S/C22H29N3O4/c1-13(17-11-14-4-5-15(17)10-14)23-20(26)8-9-21-24-22(25-29-21)16-6-7-18(27-2)19(12-16)28-3/h6-7,12-15,17H,4-5,8-11H2,1-3H3,(H,23,26)/t13-,14-,15-,17-/m0/s1. The van der Waals surface area contributed by atoms with Gasteiger partial charge in [0.25, 0.3) is 0 Å². The second kappa shape index (κ2) is 8.43. The van der Waals surface area contributed by atoms with Gasteiger partial charge >= 0.3 is 0 Å². The van der Waals surface area contributed by atoms with Gasteiger partial charge in [0.2, 0.25) is 17.6 Å². The molecule has 0 aliphatic heterocycles. The molecular weight excluding hydrogens is 370 g/mol. The van der Waals surface area contributed by atoms with E-state index in [0.29, 0.717) is 42.0 Å². The Morgan fingerprint density at radius 2 is 2.07 bits per heavy atom. The molecule has 7 heteroatoms. The molecule has 0 unspecified atom stereocenters. The van der Waals surface area contributed by atoms with Crippen molar-refractivity contribution in [1.29, 1.82) is 0 Å². The summed E-state index contributed by atoms with van der Waals surface area (Å²) in [5, 5.41) is 7.21. The van der Waals surface area contributed by atoms with Crippen molar-refractivity contribution in [2.45, 2.75) is 51.5 Å². The average molecular weight is 399 g/mol. The van der Waals surface area contributed by atoms with E-state index in [1.807, 2.05) is 6.07 Å². The third kappa shape index (κ3) is 4.23. The summed E-state index contributed by atoms with van der Waals surface area (Å²) in [6, 6.07) is 5.69. The van der Waals surface area contributed by atoms with E-state index in [-0.39, 0.29) is 11.9 Å². The zero-order valence-electron chi connectivity index (χ0n) is 17.3. The maximum atomic E-state index is 12.4. The van der Waals surface area contributed by atoms with Crippen molar-refractivity contribution >= 4 is 5.91 Å². The first-order valence-corrected chi connectivity index (χ1v) is 10.4. The number of amides is 1. The lowest BCUT2D eigenvalue weighted by atomic mass is 9.84. The van der Waals surface area contributed by atoms with Gasteiger partial charge in [-0.3, -0.25) is 4.79 Å². The topological polar surface area (TPSA) is 86.5 Å². The molecule has 4 atom stereocenters. The van der Waals surface area contributed by atoms with Crippen molar-refractivity contribution in [1.82, 2.24) is 15.5 Å². The SMILES string of the molecule is COc1ccc(-c2noc(CCC(=O)N[C@@H](C)[C@@H]3C[C@H]4CC[C@H]3C4)n2)cc1OC. The number of ether oxygens (including phenoxy) is 2. The van der Waals surface area contributed by atoms with Gasteiger partial charge in [0, 0.05) is 24.4 Å². The van der Waals surface area contributed by atoms with Crippen LogP contribution in [0.25, 0.3) is 11.4 Å². The van der Waals surface area contributed by atoms with Crippen molar-refractivity contribution in [3.63, 3.8) is 0 Å². The number of aromatic nitrogens is 2. The van der Waals surface area contributed by atoms with Crippen LogP contribution in [0.3, 0.4) is 0 Å². The predicted octanol–water partition coefficient (Wildman–Crippen LogP) is 3.63. The van der Waals surface area contributed by atoms with Crippen LogP contribution < -0.4 is 14.8 Å². The molecule has 2 saturated carbocycles. The van der Waals surface area contributed by atoms with E-state index in [4.69, 9.17) is 14.0 Å². The maximum Gasteiger partial charge on any atom is 0.227 e. The number of rotatable bonds is 8. The van der Waals surface area contributed by atoms with E-state index in [1.165, 1.54) is 25.7 Å². The fourth-order valence-electron chi connectivity index (χ4n) is 5.01. The molecule has 1 N–H and O–H groups in total. The first-order valence-electron chi connectivity index (χ1n) is 10.4. The van der Waals surface area contributed by atoms with Gasteiger partial charge in [0.15, 0.2) is 11.5 Å². The van der Waals surface area contributed by atoms with E-state index in [1.54, 1.807) is 26.4 Å². The Kier molecular flexibility index (Phi) is 5.74. The fourth-order valence-corrected chi connectivity index (χ4v) is 5.01. The lowest BCUT2D eigenvalue weighted by molar-refractivity contribution is -0.122. The molecule has 2 aromatic rings. The van der Waals surface area contributed by atoms with Crippen molar-refractivity contribution in [2.75, 3.05) is 14.2 Å². The summed E-state index contributed by atoms with van der Waals surface area (Å²) in [6.45, 7) is 2.14. The highest BCUT2D eigenvalue weighted by Crippen LogP contribution is 2.49. The second-order valence-electron chi connectivity index (χ2n) is 8.28. The van der Waals surface area contributed by atoms with E-state index in [0.717, 1.165) is 17.4 Å². The second-order valence-corrected chi connectivity index (χ2v) is 8.28. The van der Waals surface area contributed by atoms with Crippen molar-refractivity contribution in [2.24, 2.45) is 17.8 Å². The Balaban J connectivity index is 1.31. The number of nitrogens with zero attached hydrogens (tertiary/aromatic N) is 2. The minimum absolute atomic E-state index is 0.0474. The molecule has 2 aliphatic rings. The molecule has 2 aliphatic carbocycles. The Bertz CT molecular complexity index is 865. The van der Waals surface area contributed by atoms with Crippen LogP contribution in [0.4, 0.5) is 0 Å². The van der Waals surface area contributed by atoms with Gasteiger partial charge in [-0.15, -0.1) is 0 Å². The number of nitrogens with one attached hydrogen (secondary N) is 1. The molecule has 1 aromatic carbocycles. The van der Waals surface area contributed by atoms with Crippen LogP contribution in [0, 0.1) is 17.8 Å². The monoisotopic (exact) mass is 399 g/mol. The van der Waals surface area contributed by atoms with Crippen LogP contribution in [0.15, 0.2) is 22.7 Å². The number of carbonyl (C=O) groups is 1. The number of aryl methyl sites for hydroxylation is 1. The van der Waals surface area contributed by atoms with Gasteiger partial charge in [-0.1, -0.05) is 11.6 Å². The van der Waals surface area contributed by atoms with Crippen molar-refractivity contribution in [3.05, 3.63) is 24.1 Å². The van der Waals surface area contributed by atoms with Crippen LogP contribution in [-0.4, -0.2) is 36.3 Å². The Morgan fingerprint density at radius 3 is 2.76 bits per heavy atom. The lowest BCUT2D eigenvalue weighted by Crippen LogP contribution is -2.40. The van der Waals surface area contributed by atoms with Gasteiger partial charge in [0.05, 0.1) is 14.2 Å². The molecule has 7 nitrogen and oxygen atoms in total. The molecule has 2 fully saturated rings. The van der Waals surface area contributed by atoms with Gasteiger partial charge in [0.1, 0.15) is 0 Å². The minimum atomic E-state index is 0.0474. The molecule has 4 rings (SSSR count). The Morgan fingerprint density at radius 1 is 1.24 bits per heavy atom. The lowest BCUT2D eigenvalue weighted by Gasteiger charge is -2.28. The largest absolute Gasteiger partial charge is 0.493 e. The molecule has 1 aromatic heterocycles. The van der Waals surface area contributed by atoms with E-state index < -0.39 is 0 Å². The number of fused-ring (bicyclic) bond motifs is 2. The molecule has 29 heavy (non-hydrogen) atoms. The molecule has 1 heterocycles. The van der Waals surface area contributed by atoms with Crippen LogP contribution in [0.1, 0.15) is 44.9 Å². The number of hydrogen-bond acceptors (Lipinski definition) is 6. The highest BCUT2D eigenvalue weighted by molar-refractivity contribution is 5.76. The molecule has 0 radical (unpaired) electrons. The third-order valence-corrected chi connectivity index (χ3v) is 6.50. The minimum Gasteiger partial charge on any atom is -0.493 e. The van der Waals surface area contributed by atoms with E-state index in [2.05, 4.69) is 22.4 Å². The third-order valence-electron chi connectivity index (χ3n) is 6.50. The molecule has 1 amide bonds. The Labute approximate surface area is 171 Å². The average Bonchev–Trinajstić information content (AvgIpc) is 3.48. The summed E-state index contributed by atoms with van der Waals surface area (Å²) in [4.78, 5) is 16.8. The first kappa shape index (κ1) is 19.7. The maximum absolute atomic E-state index is 12.4. The first-order chi connectivity index (χ1) is 14.1. The van der Waals surface area contributed by atoms with Gasteiger partial charge in [-0.25, -0.2) is 0 Å². The smallest absolute Gasteiger partial charge is 0.227 e. The fraction of sp³-hybridized carbons (Fsp3) is 0.591. The zero-order valence-corrected chi connectivity index (χ0v) is 17.3. The number of hydrogen-bond donors (Lipinski definition) is 1. The highest BCUT2D eigenvalue weighted by atomic mass is 16.5. The summed E-state index contributed by atoms with van der Waals surface area (Å²) in [6.07, 6.45) is 6.10.